The lowest BCUT2D eigenvalue weighted by Crippen LogP contribution is -2.37. The van der Waals surface area contributed by atoms with E-state index in [0.717, 1.165) is 103 Å². The fourth-order valence-electron chi connectivity index (χ4n) is 12.2. The summed E-state index contributed by atoms with van der Waals surface area (Å²) in [6.45, 7) is 4.15. The standard InChI is InChI=1S/C92H162NO8P/c1-6-8-10-12-14-16-18-20-22-24-26-28-30-32-34-36-38-40-42-44-46-48-50-52-54-56-58-60-62-64-66-68-70-72-74-76-78-80-82-84-91(94)98-88-90(89-100-102(96,97)99-87-86-93(3,4)5)101-92(95)85-83-81-79-77-75-73-71-69-67-65-63-61-59-57-55-53-51-49-47-45-43-41-39-37-35-33-31-29-27-25-23-21-19-17-15-13-11-9-7-2/h9,11,15,17-18,20-21,23-24,26-27,29-30,32-33,35,39,41,45,47,51,53,90H,6-8,10,12-14,16,19,22,25,28,31,34,36-38,40,42-44,46,48-50,52,54-89H2,1-5H3/b11-9-,17-15-,20-18-,23-21-,26-24-,29-27-,32-30-,35-33-,41-39-,47-45-,53-51-. The second kappa shape index (κ2) is 81.2. The van der Waals surface area contributed by atoms with Crippen molar-refractivity contribution in [2.24, 2.45) is 0 Å². The first-order valence-corrected chi connectivity index (χ1v) is 44.4. The Labute approximate surface area is 631 Å². The van der Waals surface area contributed by atoms with Crippen molar-refractivity contribution >= 4 is 19.8 Å². The molecule has 0 aromatic carbocycles. The van der Waals surface area contributed by atoms with Crippen LogP contribution in [0.15, 0.2) is 134 Å². The fraction of sp³-hybridized carbons (Fsp3) is 0.739. The van der Waals surface area contributed by atoms with Gasteiger partial charge in [-0.3, -0.25) is 14.2 Å². The number of quaternary nitrogens is 1. The minimum atomic E-state index is -4.65. The van der Waals surface area contributed by atoms with Gasteiger partial charge in [0, 0.05) is 12.8 Å². The maximum Gasteiger partial charge on any atom is 0.306 e. The number of rotatable bonds is 79. The highest BCUT2D eigenvalue weighted by Crippen LogP contribution is 2.38. The van der Waals surface area contributed by atoms with Crippen molar-refractivity contribution in [2.45, 2.75) is 392 Å². The highest BCUT2D eigenvalue weighted by molar-refractivity contribution is 7.45. The van der Waals surface area contributed by atoms with Crippen molar-refractivity contribution in [1.29, 1.82) is 0 Å². The Morgan fingerprint density at radius 3 is 0.833 bits per heavy atom. The number of allylic oxidation sites excluding steroid dienone is 22. The number of carbonyl (C=O) groups excluding carboxylic acids is 2. The summed E-state index contributed by atoms with van der Waals surface area (Å²) in [6.07, 6.45) is 119. The summed E-state index contributed by atoms with van der Waals surface area (Å²) < 4.78 is 34.5. The van der Waals surface area contributed by atoms with Gasteiger partial charge in [0.05, 0.1) is 27.7 Å². The van der Waals surface area contributed by atoms with E-state index in [1.54, 1.807) is 0 Å². The molecule has 9 nitrogen and oxygen atoms in total. The van der Waals surface area contributed by atoms with Crippen LogP contribution in [0.2, 0.25) is 0 Å². The Bertz CT molecular complexity index is 2190. The van der Waals surface area contributed by atoms with Gasteiger partial charge in [-0.1, -0.05) is 392 Å². The van der Waals surface area contributed by atoms with E-state index in [9.17, 15) is 19.0 Å². The smallest absolute Gasteiger partial charge is 0.306 e. The lowest BCUT2D eigenvalue weighted by atomic mass is 10.0. The van der Waals surface area contributed by atoms with Gasteiger partial charge in [0.1, 0.15) is 19.8 Å². The van der Waals surface area contributed by atoms with Crippen LogP contribution in [0.3, 0.4) is 0 Å². The molecule has 2 atom stereocenters. The number of nitrogens with zero attached hydrogens (tertiary/aromatic N) is 1. The largest absolute Gasteiger partial charge is 0.756 e. The first kappa shape index (κ1) is 98.2. The van der Waals surface area contributed by atoms with Crippen LogP contribution < -0.4 is 4.89 Å². The Hall–Kier alpha value is -3.85. The maximum atomic E-state index is 12.9. The third kappa shape index (κ3) is 85.1. The number of unbranched alkanes of at least 4 members (excludes halogenated alkanes) is 43. The van der Waals surface area contributed by atoms with Crippen molar-refractivity contribution in [1.82, 2.24) is 0 Å². The van der Waals surface area contributed by atoms with Crippen molar-refractivity contribution in [3.63, 3.8) is 0 Å². The molecule has 0 aliphatic rings. The summed E-state index contributed by atoms with van der Waals surface area (Å²) in [5, 5.41) is 0. The van der Waals surface area contributed by atoms with Crippen LogP contribution >= 0.6 is 7.82 Å². The maximum absolute atomic E-state index is 12.9. The molecule has 0 aromatic heterocycles. The van der Waals surface area contributed by atoms with Crippen molar-refractivity contribution < 1.29 is 42.1 Å². The van der Waals surface area contributed by atoms with Gasteiger partial charge in [-0.25, -0.2) is 0 Å². The number of phosphoric acid groups is 1. The van der Waals surface area contributed by atoms with E-state index in [-0.39, 0.29) is 32.0 Å². The molecule has 0 saturated heterocycles. The molecule has 2 unspecified atom stereocenters. The average molecular weight is 1440 g/mol. The van der Waals surface area contributed by atoms with Gasteiger partial charge in [0.15, 0.2) is 6.10 Å². The Morgan fingerprint density at radius 1 is 0.314 bits per heavy atom. The molecule has 0 N–H and O–H groups in total. The Kier molecular flexibility index (Phi) is 78.2. The molecular formula is C92H162NO8P. The molecule has 0 heterocycles. The molecule has 0 aliphatic carbocycles. The van der Waals surface area contributed by atoms with E-state index in [0.29, 0.717) is 17.4 Å². The summed E-state index contributed by atoms with van der Waals surface area (Å²) >= 11 is 0. The van der Waals surface area contributed by atoms with Gasteiger partial charge >= 0.3 is 11.9 Å². The average Bonchev–Trinajstić information content (AvgIpc) is 0.914. The predicted molar refractivity (Wildman–Crippen MR) is 443 cm³/mol. The van der Waals surface area contributed by atoms with Crippen molar-refractivity contribution in [3.8, 4) is 0 Å². The monoisotopic (exact) mass is 1440 g/mol. The molecule has 0 amide bonds. The summed E-state index contributed by atoms with van der Waals surface area (Å²) in [6, 6.07) is 0. The number of likely N-dealkylation sites (N-methyl/N-ethyl adjacent to an activating group) is 1. The normalized spacial score (nSPS) is 13.7. The van der Waals surface area contributed by atoms with Gasteiger partial charge in [0.25, 0.3) is 7.82 Å². The molecule has 102 heavy (non-hydrogen) atoms. The second-order valence-electron chi connectivity index (χ2n) is 29.8. The molecule has 0 rings (SSSR count). The zero-order valence-electron chi connectivity index (χ0n) is 67.3. The van der Waals surface area contributed by atoms with Gasteiger partial charge in [-0.05, 0) is 116 Å². The number of ether oxygens (including phenoxy) is 2. The third-order valence-corrected chi connectivity index (χ3v) is 19.6. The summed E-state index contributed by atoms with van der Waals surface area (Å²) in [4.78, 5) is 38.2. The molecular weight excluding hydrogens is 1280 g/mol. The topological polar surface area (TPSA) is 111 Å². The van der Waals surface area contributed by atoms with Gasteiger partial charge in [-0.2, -0.15) is 0 Å². The number of hydrogen-bond acceptors (Lipinski definition) is 8. The molecule has 0 fully saturated rings. The highest BCUT2D eigenvalue weighted by atomic mass is 31.2. The van der Waals surface area contributed by atoms with Crippen LogP contribution in [-0.2, 0) is 32.7 Å². The molecule has 0 saturated carbocycles. The number of carbonyl (C=O) groups is 2. The zero-order chi connectivity index (χ0) is 74.0. The van der Waals surface area contributed by atoms with Crippen LogP contribution in [0.4, 0.5) is 0 Å². The second-order valence-corrected chi connectivity index (χ2v) is 31.2. The van der Waals surface area contributed by atoms with Crippen molar-refractivity contribution in [3.05, 3.63) is 134 Å². The number of hydrogen-bond donors (Lipinski definition) is 0. The van der Waals surface area contributed by atoms with Crippen LogP contribution in [-0.4, -0.2) is 70.0 Å². The minimum absolute atomic E-state index is 0.0334. The SMILES string of the molecule is CC/C=C\C/C=C\C/C=C\C/C=C\C/C=C\C/C=C\C/C=C\C/C=C\CCCCCCCCCCCCCCCCC(=O)OC(COC(=O)CCCCCCCCCCCCCCCCCCCCCCCCCC/C=C\C/C=C\C/C=C\CCCCCCC)COP(=O)([O-])OCC[N+](C)(C)C. The first-order valence-electron chi connectivity index (χ1n) is 42.9. The van der Waals surface area contributed by atoms with E-state index >= 15 is 0 Å². The van der Waals surface area contributed by atoms with E-state index in [1.165, 1.54) is 250 Å². The minimum Gasteiger partial charge on any atom is -0.756 e. The zero-order valence-corrected chi connectivity index (χ0v) is 68.2. The van der Waals surface area contributed by atoms with E-state index in [1.807, 2.05) is 21.1 Å². The Balaban J connectivity index is 3.94. The van der Waals surface area contributed by atoms with Gasteiger partial charge in [-0.15, -0.1) is 0 Å². The molecule has 10 heteroatoms. The molecule has 0 radical (unpaired) electrons. The highest BCUT2D eigenvalue weighted by Gasteiger charge is 2.22. The molecule has 0 spiro atoms. The summed E-state index contributed by atoms with van der Waals surface area (Å²) in [5.74, 6) is -0.822. The van der Waals surface area contributed by atoms with E-state index in [4.69, 9.17) is 18.5 Å². The van der Waals surface area contributed by atoms with Crippen LogP contribution in [0.25, 0.3) is 0 Å². The fourth-order valence-corrected chi connectivity index (χ4v) is 12.9. The molecule has 588 valence electrons. The van der Waals surface area contributed by atoms with E-state index < -0.39 is 26.5 Å². The lowest BCUT2D eigenvalue weighted by Gasteiger charge is -2.28. The first-order chi connectivity index (χ1) is 50.0. The van der Waals surface area contributed by atoms with Crippen molar-refractivity contribution in [2.75, 3.05) is 47.5 Å². The van der Waals surface area contributed by atoms with Crippen LogP contribution in [0.1, 0.15) is 386 Å². The van der Waals surface area contributed by atoms with Gasteiger partial charge in [0.2, 0.25) is 0 Å². The molecule has 0 bridgehead atoms. The summed E-state index contributed by atoms with van der Waals surface area (Å²) in [7, 11) is 1.17. The van der Waals surface area contributed by atoms with Crippen LogP contribution in [0.5, 0.6) is 0 Å². The summed E-state index contributed by atoms with van der Waals surface area (Å²) in [5.41, 5.74) is 0. The molecule has 0 aromatic rings. The van der Waals surface area contributed by atoms with Crippen LogP contribution in [0, 0.1) is 0 Å². The third-order valence-electron chi connectivity index (χ3n) is 18.7. The predicted octanol–water partition coefficient (Wildman–Crippen LogP) is 28.4. The Morgan fingerprint density at radius 2 is 0.559 bits per heavy atom. The van der Waals surface area contributed by atoms with E-state index in [2.05, 4.69) is 148 Å². The number of esters is 2. The lowest BCUT2D eigenvalue weighted by molar-refractivity contribution is -0.870. The number of phosphoric ester groups is 1. The molecule has 0 aliphatic heterocycles. The quantitative estimate of drug-likeness (QED) is 0.0195. The van der Waals surface area contributed by atoms with Gasteiger partial charge < -0.3 is 27.9 Å².